The molecule has 0 bridgehead atoms. The van der Waals surface area contributed by atoms with E-state index >= 15 is 0 Å². The summed E-state index contributed by atoms with van der Waals surface area (Å²) in [5.74, 6) is 1.18. The maximum atomic E-state index is 2.50. The average molecular weight is 443 g/mol. The number of benzene rings is 5. The van der Waals surface area contributed by atoms with Gasteiger partial charge in [-0.1, -0.05) is 91.0 Å². The van der Waals surface area contributed by atoms with Crippen LogP contribution in [0.15, 0.2) is 103 Å². The lowest BCUT2D eigenvalue weighted by molar-refractivity contribution is 0.795. The number of thiol groups is 1. The first-order chi connectivity index (χ1) is 16.2. The van der Waals surface area contributed by atoms with Crippen LogP contribution in [-0.2, 0) is 11.2 Å². The van der Waals surface area contributed by atoms with Crippen LogP contribution in [0, 0.1) is 0 Å². The van der Waals surface area contributed by atoms with Crippen LogP contribution in [0.5, 0.6) is 0 Å². The van der Waals surface area contributed by atoms with Crippen LogP contribution >= 0.6 is 10.9 Å². The van der Waals surface area contributed by atoms with Crippen molar-refractivity contribution in [2.45, 2.75) is 11.2 Å². The van der Waals surface area contributed by atoms with Crippen LogP contribution in [0.25, 0.3) is 33.0 Å². The van der Waals surface area contributed by atoms with E-state index in [1.807, 2.05) is 0 Å². The third-order valence-corrected chi connectivity index (χ3v) is 8.52. The van der Waals surface area contributed by atoms with Crippen LogP contribution in [-0.4, -0.2) is 12.5 Å². The predicted octanol–water partition coefficient (Wildman–Crippen LogP) is 7.94. The second-order valence-corrected chi connectivity index (χ2v) is 12.2. The Kier molecular flexibility index (Phi) is 3.99. The Morgan fingerprint density at radius 3 is 1.64 bits per heavy atom. The smallest absolute Gasteiger partial charge is 0.0725 e. The predicted molar refractivity (Wildman–Crippen MR) is 145 cm³/mol. The van der Waals surface area contributed by atoms with E-state index in [-0.39, 0.29) is 16.3 Å². The van der Waals surface area contributed by atoms with Gasteiger partial charge in [-0.05, 0) is 91.2 Å². The molecule has 0 nitrogen and oxygen atoms in total. The number of hydrogen-bond acceptors (Lipinski definition) is 0. The van der Waals surface area contributed by atoms with Gasteiger partial charge in [0.15, 0.2) is 0 Å². The first-order valence-corrected chi connectivity index (χ1v) is 14.1. The molecule has 0 atom stereocenters. The molecule has 160 valence electrons. The van der Waals surface area contributed by atoms with E-state index in [0.717, 1.165) is 0 Å². The topological polar surface area (TPSA) is 0 Å². The zero-order chi connectivity index (χ0) is 22.2. The Bertz CT molecular complexity index is 1530. The van der Waals surface area contributed by atoms with Crippen LogP contribution < -0.4 is 0 Å². The lowest BCUT2D eigenvalue weighted by atomic mass is 9.70. The molecular formula is C32H26S. The summed E-state index contributed by atoms with van der Waals surface area (Å²) in [7, 11) is 0.0402. The van der Waals surface area contributed by atoms with Crippen LogP contribution in [0.3, 0.4) is 0 Å². The fourth-order valence-electron chi connectivity index (χ4n) is 6.35. The lowest BCUT2D eigenvalue weighted by Gasteiger charge is -2.30. The van der Waals surface area contributed by atoms with Gasteiger partial charge < -0.3 is 0 Å². The van der Waals surface area contributed by atoms with Crippen molar-refractivity contribution < 1.29 is 0 Å². The normalized spacial score (nSPS) is 14.7. The summed E-state index contributed by atoms with van der Waals surface area (Å²) < 4.78 is 0. The molecule has 0 saturated heterocycles. The SMILES string of the molecule is C[SH](C)Cc1ccc2cc3c(cc2c1)C1(c2ccccc2-c2ccccc21)c1ccccc1-3. The lowest BCUT2D eigenvalue weighted by Crippen LogP contribution is -2.25. The van der Waals surface area contributed by atoms with Crippen molar-refractivity contribution in [2.75, 3.05) is 12.5 Å². The first-order valence-electron chi connectivity index (χ1n) is 11.7. The maximum Gasteiger partial charge on any atom is 0.0725 e. The van der Waals surface area contributed by atoms with E-state index in [2.05, 4.69) is 116 Å². The highest BCUT2D eigenvalue weighted by molar-refractivity contribution is 8.15. The fraction of sp³-hybridized carbons (Fsp3) is 0.125. The molecule has 0 fully saturated rings. The third-order valence-electron chi connectivity index (χ3n) is 7.52. The minimum Gasteiger partial charge on any atom is -0.255 e. The van der Waals surface area contributed by atoms with Gasteiger partial charge in [-0.25, -0.2) is 0 Å². The highest BCUT2D eigenvalue weighted by Crippen LogP contribution is 2.63. The van der Waals surface area contributed by atoms with Gasteiger partial charge in [-0.15, -0.1) is 0 Å². The fourth-order valence-corrected chi connectivity index (χ4v) is 7.28. The van der Waals surface area contributed by atoms with Crippen molar-refractivity contribution in [3.8, 4) is 22.3 Å². The molecule has 0 amide bonds. The number of rotatable bonds is 2. The van der Waals surface area contributed by atoms with Crippen molar-refractivity contribution in [3.05, 3.63) is 131 Å². The molecule has 7 rings (SSSR count). The van der Waals surface area contributed by atoms with Gasteiger partial charge in [0.1, 0.15) is 0 Å². The highest BCUT2D eigenvalue weighted by Gasteiger charge is 2.51. The molecule has 0 aromatic heterocycles. The minimum absolute atomic E-state index is 0.0402. The van der Waals surface area contributed by atoms with E-state index in [1.54, 1.807) is 0 Å². The molecule has 1 spiro atoms. The molecule has 0 saturated carbocycles. The minimum atomic E-state index is -0.245. The molecule has 0 radical (unpaired) electrons. The largest absolute Gasteiger partial charge is 0.255 e. The van der Waals surface area contributed by atoms with Crippen molar-refractivity contribution >= 4 is 21.7 Å². The van der Waals surface area contributed by atoms with Gasteiger partial charge in [0, 0.05) is 0 Å². The number of fused-ring (bicyclic) bond motifs is 11. The Balaban J connectivity index is 1.62. The average Bonchev–Trinajstić information content (AvgIpc) is 3.29. The van der Waals surface area contributed by atoms with Gasteiger partial charge in [0.05, 0.1) is 5.41 Å². The molecule has 5 aromatic carbocycles. The van der Waals surface area contributed by atoms with Gasteiger partial charge in [-0.2, -0.15) is 0 Å². The Labute approximate surface area is 198 Å². The monoisotopic (exact) mass is 442 g/mol. The number of hydrogen-bond donors (Lipinski definition) is 1. The third kappa shape index (κ3) is 2.49. The van der Waals surface area contributed by atoms with E-state index in [1.165, 1.54) is 66.6 Å². The summed E-state index contributed by atoms with van der Waals surface area (Å²) in [4.78, 5) is 0. The Hall–Kier alpha value is -3.29. The molecule has 1 heteroatoms. The quantitative estimate of drug-likeness (QED) is 0.258. The van der Waals surface area contributed by atoms with E-state index in [4.69, 9.17) is 0 Å². The first kappa shape index (κ1) is 19.2. The molecule has 2 aliphatic rings. The van der Waals surface area contributed by atoms with Gasteiger partial charge in [-0.3, -0.25) is 10.9 Å². The molecule has 2 aliphatic carbocycles. The second kappa shape index (κ2) is 6.85. The molecule has 0 unspecified atom stereocenters. The summed E-state index contributed by atoms with van der Waals surface area (Å²) in [6.45, 7) is 0. The molecule has 0 N–H and O–H groups in total. The Morgan fingerprint density at radius 1 is 0.515 bits per heavy atom. The van der Waals surface area contributed by atoms with Crippen molar-refractivity contribution in [2.24, 2.45) is 0 Å². The van der Waals surface area contributed by atoms with Crippen molar-refractivity contribution in [1.82, 2.24) is 0 Å². The summed E-state index contributed by atoms with van der Waals surface area (Å²) in [5.41, 5.74) is 12.4. The summed E-state index contributed by atoms with van der Waals surface area (Å²) in [6, 6.07) is 39.1. The maximum absolute atomic E-state index is 2.50. The molecule has 0 heterocycles. The summed E-state index contributed by atoms with van der Waals surface area (Å²) in [6.07, 6.45) is 4.72. The second-order valence-electron chi connectivity index (χ2n) is 9.70. The van der Waals surface area contributed by atoms with E-state index in [9.17, 15) is 0 Å². The highest BCUT2D eigenvalue weighted by atomic mass is 32.2. The molecule has 33 heavy (non-hydrogen) atoms. The molecule has 0 aliphatic heterocycles. The van der Waals surface area contributed by atoms with Crippen molar-refractivity contribution in [3.63, 3.8) is 0 Å². The van der Waals surface area contributed by atoms with E-state index in [0.29, 0.717) is 0 Å². The standard InChI is InChI=1S/C32H26S/c1-33(2)20-21-15-16-22-18-27-26-11-5-8-14-30(26)32(31(27)19-23(22)17-21)28-12-6-3-9-24(28)25-10-4-7-13-29(25)32/h3-19,33H,20H2,1-2H3. The summed E-state index contributed by atoms with van der Waals surface area (Å²) in [5, 5.41) is 2.69. The zero-order valence-electron chi connectivity index (χ0n) is 19.0. The van der Waals surface area contributed by atoms with Gasteiger partial charge >= 0.3 is 0 Å². The van der Waals surface area contributed by atoms with Crippen molar-refractivity contribution in [1.29, 1.82) is 0 Å². The van der Waals surface area contributed by atoms with E-state index < -0.39 is 0 Å². The van der Waals surface area contributed by atoms with Crippen LogP contribution in [0.2, 0.25) is 0 Å². The van der Waals surface area contributed by atoms with Gasteiger partial charge in [0.2, 0.25) is 0 Å². The van der Waals surface area contributed by atoms with Gasteiger partial charge in [0.25, 0.3) is 0 Å². The molecule has 5 aromatic rings. The molecular weight excluding hydrogens is 416 g/mol. The summed E-state index contributed by atoms with van der Waals surface area (Å²) >= 11 is 0. The zero-order valence-corrected chi connectivity index (χ0v) is 19.9. The van der Waals surface area contributed by atoms with Crippen LogP contribution in [0.1, 0.15) is 27.8 Å². The Morgan fingerprint density at radius 2 is 1.06 bits per heavy atom. The van der Waals surface area contributed by atoms with Crippen LogP contribution in [0.4, 0.5) is 0 Å².